The summed E-state index contributed by atoms with van der Waals surface area (Å²) in [6.07, 6.45) is 10.8. The highest BCUT2D eigenvalue weighted by atomic mass is 16.3. The zero-order chi connectivity index (χ0) is 28.6. The number of nitrogens with zero attached hydrogens (tertiary/aromatic N) is 4. The van der Waals surface area contributed by atoms with Crippen LogP contribution in [0.15, 0.2) is 65.9 Å². The number of piperazine rings is 1. The van der Waals surface area contributed by atoms with Crippen LogP contribution >= 0.6 is 0 Å². The van der Waals surface area contributed by atoms with Gasteiger partial charge in [-0.3, -0.25) is 4.79 Å². The number of carbonyl (C=O) groups is 1. The molecule has 2 fully saturated rings. The van der Waals surface area contributed by atoms with Gasteiger partial charge in [0.05, 0.1) is 23.9 Å². The molecule has 2 saturated heterocycles. The van der Waals surface area contributed by atoms with Crippen molar-refractivity contribution in [1.82, 2.24) is 9.80 Å². The number of hydrogen-bond acceptors (Lipinski definition) is 6. The second-order valence-electron chi connectivity index (χ2n) is 10.5. The number of nitriles is 1. The second kappa shape index (κ2) is 13.2. The van der Waals surface area contributed by atoms with Crippen LogP contribution in [0.4, 0.5) is 11.4 Å². The average molecular weight is 538 g/mol. The number of hydrogen-bond donors (Lipinski definition) is 2. The predicted octanol–water partition coefficient (Wildman–Crippen LogP) is 4.49. The fraction of sp³-hybridized carbons (Fsp3) is 0.394. The van der Waals surface area contributed by atoms with Crippen molar-refractivity contribution < 1.29 is 9.90 Å². The number of piperidine rings is 1. The van der Waals surface area contributed by atoms with E-state index in [1.807, 2.05) is 55.1 Å². The molecule has 4 rings (SSSR count). The molecular weight excluding hydrogens is 498 g/mol. The van der Waals surface area contributed by atoms with Crippen LogP contribution in [0.1, 0.15) is 41.3 Å². The number of carbonyl (C=O) groups excluding carboxylic acids is 1. The van der Waals surface area contributed by atoms with Crippen molar-refractivity contribution in [2.24, 2.45) is 0 Å². The van der Waals surface area contributed by atoms with Gasteiger partial charge in [-0.15, -0.1) is 6.42 Å². The van der Waals surface area contributed by atoms with Crippen LogP contribution in [0.25, 0.3) is 0 Å². The van der Waals surface area contributed by atoms with Gasteiger partial charge < -0.3 is 25.1 Å². The molecule has 2 N–H and O–H groups in total. The van der Waals surface area contributed by atoms with E-state index >= 15 is 0 Å². The Hall–Kier alpha value is -4.20. The zero-order valence-corrected chi connectivity index (χ0v) is 23.7. The minimum Gasteiger partial charge on any atom is -0.394 e. The maximum Gasteiger partial charge on any atom is 0.254 e. The summed E-state index contributed by atoms with van der Waals surface area (Å²) in [5.41, 5.74) is 6.18. The van der Waals surface area contributed by atoms with Crippen LogP contribution in [-0.4, -0.2) is 72.2 Å². The summed E-state index contributed by atoms with van der Waals surface area (Å²) < 4.78 is 0. The maximum atomic E-state index is 13.7. The van der Waals surface area contributed by atoms with E-state index in [2.05, 4.69) is 40.1 Å². The SMILES string of the molecule is C#C/C=C(\C(C#N)=C/C)N1CCC(Nc2cc(C(=O)N3CCN(c4ccccc4)C(CO)C3)c(C)cc2C)CC1. The summed E-state index contributed by atoms with van der Waals surface area (Å²) in [7, 11) is 0. The number of anilines is 2. The van der Waals surface area contributed by atoms with Crippen molar-refractivity contribution in [2.75, 3.05) is 49.5 Å². The van der Waals surface area contributed by atoms with E-state index in [-0.39, 0.29) is 24.6 Å². The Morgan fingerprint density at radius 3 is 2.45 bits per heavy atom. The molecule has 7 heteroatoms. The van der Waals surface area contributed by atoms with Crippen molar-refractivity contribution in [1.29, 1.82) is 5.26 Å². The lowest BCUT2D eigenvalue weighted by molar-refractivity contribution is 0.0698. The van der Waals surface area contributed by atoms with E-state index in [1.165, 1.54) is 0 Å². The number of likely N-dealkylation sites (tertiary alicyclic amines) is 1. The van der Waals surface area contributed by atoms with Gasteiger partial charge in [0.2, 0.25) is 0 Å². The minimum atomic E-state index is -0.147. The molecule has 1 unspecified atom stereocenters. The quantitative estimate of drug-likeness (QED) is 0.308. The second-order valence-corrected chi connectivity index (χ2v) is 10.5. The molecule has 2 aromatic rings. The summed E-state index contributed by atoms with van der Waals surface area (Å²) in [5.74, 6) is 2.58. The third-order valence-electron chi connectivity index (χ3n) is 7.97. The molecule has 2 aliphatic rings. The summed E-state index contributed by atoms with van der Waals surface area (Å²) >= 11 is 0. The number of rotatable bonds is 7. The number of nitrogens with one attached hydrogen (secondary N) is 1. The highest BCUT2D eigenvalue weighted by molar-refractivity contribution is 5.97. The van der Waals surface area contributed by atoms with Crippen LogP contribution in [0.2, 0.25) is 0 Å². The number of aliphatic hydroxyl groups excluding tert-OH is 1. The van der Waals surface area contributed by atoms with Crippen LogP contribution in [0.3, 0.4) is 0 Å². The van der Waals surface area contributed by atoms with Gasteiger partial charge in [0, 0.05) is 61.8 Å². The third kappa shape index (κ3) is 6.33. The Balaban J connectivity index is 1.44. The molecule has 0 saturated carbocycles. The predicted molar refractivity (Wildman–Crippen MR) is 161 cm³/mol. The Kier molecular flexibility index (Phi) is 9.53. The highest BCUT2D eigenvalue weighted by Crippen LogP contribution is 2.28. The summed E-state index contributed by atoms with van der Waals surface area (Å²) in [5, 5.41) is 23.3. The number of benzene rings is 2. The maximum absolute atomic E-state index is 13.7. The highest BCUT2D eigenvalue weighted by Gasteiger charge is 2.31. The van der Waals surface area contributed by atoms with Crippen LogP contribution in [-0.2, 0) is 0 Å². The Morgan fingerprint density at radius 1 is 1.10 bits per heavy atom. The fourth-order valence-electron chi connectivity index (χ4n) is 5.74. The van der Waals surface area contributed by atoms with Gasteiger partial charge in [-0.25, -0.2) is 0 Å². The van der Waals surface area contributed by atoms with E-state index < -0.39 is 0 Å². The largest absolute Gasteiger partial charge is 0.394 e. The molecule has 7 nitrogen and oxygen atoms in total. The van der Waals surface area contributed by atoms with Gasteiger partial charge in [0.15, 0.2) is 0 Å². The topological polar surface area (TPSA) is 82.8 Å². The molecule has 0 radical (unpaired) electrons. The van der Waals surface area contributed by atoms with Crippen molar-refractivity contribution in [3.63, 3.8) is 0 Å². The Bertz CT molecular complexity index is 1340. The van der Waals surface area contributed by atoms with Crippen molar-refractivity contribution in [2.45, 2.75) is 45.7 Å². The summed E-state index contributed by atoms with van der Waals surface area (Å²) in [4.78, 5) is 20.0. The number of terminal acetylenes is 1. The lowest BCUT2D eigenvalue weighted by Gasteiger charge is -2.42. The van der Waals surface area contributed by atoms with Crippen molar-refractivity contribution >= 4 is 17.3 Å². The van der Waals surface area contributed by atoms with Gasteiger partial charge in [-0.1, -0.05) is 36.3 Å². The Morgan fingerprint density at radius 2 is 1.82 bits per heavy atom. The molecule has 2 aliphatic heterocycles. The number of aryl methyl sites for hydroxylation is 2. The summed E-state index contributed by atoms with van der Waals surface area (Å²) in [6, 6.07) is 16.5. The van der Waals surface area contributed by atoms with E-state index in [9.17, 15) is 15.2 Å². The first-order chi connectivity index (χ1) is 19.4. The first kappa shape index (κ1) is 28.8. The van der Waals surface area contributed by atoms with E-state index in [0.29, 0.717) is 30.8 Å². The monoisotopic (exact) mass is 537 g/mol. The molecule has 40 heavy (non-hydrogen) atoms. The van der Waals surface area contributed by atoms with Crippen molar-refractivity contribution in [3.05, 3.63) is 82.6 Å². The van der Waals surface area contributed by atoms with Gasteiger partial charge in [0.25, 0.3) is 5.91 Å². The number of allylic oxidation sites excluding steroid dienone is 3. The molecule has 1 amide bonds. The van der Waals surface area contributed by atoms with Gasteiger partial charge in [-0.2, -0.15) is 5.26 Å². The van der Waals surface area contributed by atoms with Crippen LogP contribution < -0.4 is 10.2 Å². The molecule has 0 bridgehead atoms. The van der Waals surface area contributed by atoms with Gasteiger partial charge in [-0.05, 0) is 62.9 Å². The minimum absolute atomic E-state index is 0.000908. The van der Waals surface area contributed by atoms with Crippen molar-refractivity contribution in [3.8, 4) is 18.4 Å². The number of para-hydroxylation sites is 1. The number of aliphatic hydroxyl groups is 1. The first-order valence-corrected chi connectivity index (χ1v) is 14.0. The van der Waals surface area contributed by atoms with Crippen LogP contribution in [0, 0.1) is 37.5 Å². The smallest absolute Gasteiger partial charge is 0.254 e. The van der Waals surface area contributed by atoms with E-state index in [0.717, 1.165) is 54.1 Å². The van der Waals surface area contributed by atoms with E-state index in [1.54, 1.807) is 12.2 Å². The van der Waals surface area contributed by atoms with E-state index in [4.69, 9.17) is 6.42 Å². The molecule has 2 aromatic carbocycles. The molecule has 0 aliphatic carbocycles. The molecule has 208 valence electrons. The molecular formula is C33H39N5O2. The molecule has 2 heterocycles. The summed E-state index contributed by atoms with van der Waals surface area (Å²) in [6.45, 7) is 9.21. The lowest BCUT2D eigenvalue weighted by Crippen LogP contribution is -2.56. The van der Waals surface area contributed by atoms with Crippen LogP contribution in [0.5, 0.6) is 0 Å². The molecule has 1 atom stereocenters. The Labute approximate surface area is 238 Å². The molecule has 0 spiro atoms. The third-order valence-corrected chi connectivity index (χ3v) is 7.97. The zero-order valence-electron chi connectivity index (χ0n) is 23.7. The first-order valence-electron chi connectivity index (χ1n) is 14.0. The fourth-order valence-corrected chi connectivity index (χ4v) is 5.74. The lowest BCUT2D eigenvalue weighted by atomic mass is 9.98. The normalized spacial score (nSPS) is 18.8. The number of amides is 1. The van der Waals surface area contributed by atoms with Gasteiger partial charge in [0.1, 0.15) is 6.07 Å². The van der Waals surface area contributed by atoms with Gasteiger partial charge >= 0.3 is 0 Å². The molecule has 0 aromatic heterocycles. The average Bonchev–Trinajstić information content (AvgIpc) is 2.99. The standard InChI is InChI=1S/C33H39N5O2/c1-5-10-32(26(6-2)21-34)36-15-13-27(14-16-36)35-31-20-30(24(3)19-25(31)4)33(40)37-17-18-38(29(22-37)23-39)28-11-8-7-9-12-28/h1,6-12,19-20,27,29,35,39H,13-18,22-23H2,2-4H3/b26-6-,32-10+.